The summed E-state index contributed by atoms with van der Waals surface area (Å²) >= 11 is 0. The van der Waals surface area contributed by atoms with Crippen molar-refractivity contribution in [3.63, 3.8) is 0 Å². The van der Waals surface area contributed by atoms with Gasteiger partial charge < -0.3 is 25.1 Å². The maximum atomic E-state index is 13.5. The van der Waals surface area contributed by atoms with Crippen LogP contribution in [0.15, 0.2) is 71.9 Å². The standard InChI is InChI=1S/C31H35N7O5/c1-5-28(39)43-20(2)35-30(32)21-9-12-23(13-10-21)34-19-27-36-24-18-22(11-14-25(24)37(27)3)31(41)38(17-15-29(40)42-4)26-8-6-7-16-33-26/h6-14,16,18,20,34H,5,15,17,19H2,1-4H3,(H2,32,35). The summed E-state index contributed by atoms with van der Waals surface area (Å²) in [5.41, 5.74) is 9.59. The number of benzene rings is 2. The number of pyridine rings is 1. The molecule has 0 fully saturated rings. The molecular formula is C31H35N7O5. The number of hydrogen-bond donors (Lipinski definition) is 2. The highest BCUT2D eigenvalue weighted by molar-refractivity contribution is 6.07. The van der Waals surface area contributed by atoms with Gasteiger partial charge in [0.2, 0.25) is 0 Å². The van der Waals surface area contributed by atoms with Gasteiger partial charge in [-0.2, -0.15) is 0 Å². The number of fused-ring (bicyclic) bond motifs is 1. The van der Waals surface area contributed by atoms with Crippen LogP contribution >= 0.6 is 0 Å². The van der Waals surface area contributed by atoms with Crippen molar-refractivity contribution in [2.45, 2.75) is 39.5 Å². The highest BCUT2D eigenvalue weighted by Gasteiger charge is 2.21. The van der Waals surface area contributed by atoms with Gasteiger partial charge in [0.1, 0.15) is 17.5 Å². The van der Waals surface area contributed by atoms with E-state index >= 15 is 0 Å². The predicted octanol–water partition coefficient (Wildman–Crippen LogP) is 3.79. The third-order valence-corrected chi connectivity index (χ3v) is 6.70. The first kappa shape index (κ1) is 30.7. The largest absolute Gasteiger partial charge is 0.469 e. The normalized spacial score (nSPS) is 12.0. The van der Waals surface area contributed by atoms with E-state index in [-0.39, 0.29) is 37.1 Å². The van der Waals surface area contributed by atoms with E-state index < -0.39 is 12.2 Å². The third-order valence-electron chi connectivity index (χ3n) is 6.70. The van der Waals surface area contributed by atoms with Gasteiger partial charge in [-0.1, -0.05) is 13.0 Å². The van der Waals surface area contributed by atoms with Crippen LogP contribution in [0, 0.1) is 0 Å². The highest BCUT2D eigenvalue weighted by atomic mass is 16.6. The van der Waals surface area contributed by atoms with E-state index in [1.54, 1.807) is 50.4 Å². The number of aliphatic imine (C=N–C) groups is 1. The molecule has 1 unspecified atom stereocenters. The lowest BCUT2D eigenvalue weighted by Crippen LogP contribution is -2.33. The summed E-state index contributed by atoms with van der Waals surface area (Å²) in [5.74, 6) is 0.433. The molecule has 224 valence electrons. The summed E-state index contributed by atoms with van der Waals surface area (Å²) in [5, 5.41) is 3.35. The number of carbonyl (C=O) groups is 3. The number of nitrogens with one attached hydrogen (secondary N) is 1. The van der Waals surface area contributed by atoms with Gasteiger partial charge in [-0.3, -0.25) is 19.3 Å². The van der Waals surface area contributed by atoms with Crippen LogP contribution in [-0.2, 0) is 32.7 Å². The number of hydrogen-bond acceptors (Lipinski definition) is 9. The van der Waals surface area contributed by atoms with Crippen molar-refractivity contribution < 1.29 is 23.9 Å². The van der Waals surface area contributed by atoms with Crippen LogP contribution < -0.4 is 16.0 Å². The number of nitrogens with two attached hydrogens (primary N) is 1. The van der Waals surface area contributed by atoms with Crippen LogP contribution in [-0.4, -0.2) is 58.1 Å². The Morgan fingerprint density at radius 1 is 1.07 bits per heavy atom. The summed E-state index contributed by atoms with van der Waals surface area (Å²) in [7, 11) is 3.23. The van der Waals surface area contributed by atoms with Gasteiger partial charge in [0.05, 0.1) is 31.1 Å². The van der Waals surface area contributed by atoms with E-state index in [9.17, 15) is 14.4 Å². The van der Waals surface area contributed by atoms with Crippen molar-refractivity contribution in [3.8, 4) is 0 Å². The minimum absolute atomic E-state index is 0.0361. The van der Waals surface area contributed by atoms with Crippen LogP contribution in [0.5, 0.6) is 0 Å². The minimum atomic E-state index is -0.670. The number of aryl methyl sites for hydroxylation is 1. The molecule has 12 heteroatoms. The van der Waals surface area contributed by atoms with Crippen LogP contribution in [0.25, 0.3) is 11.0 Å². The van der Waals surface area contributed by atoms with E-state index in [0.717, 1.165) is 17.0 Å². The highest BCUT2D eigenvalue weighted by Crippen LogP contribution is 2.21. The molecule has 1 atom stereocenters. The third kappa shape index (κ3) is 7.73. The fraction of sp³-hybridized carbons (Fsp3) is 0.290. The first-order chi connectivity index (χ1) is 20.7. The second kappa shape index (κ2) is 14.1. The Hall–Kier alpha value is -5.26. The van der Waals surface area contributed by atoms with Gasteiger partial charge in [-0.05, 0) is 61.5 Å². The summed E-state index contributed by atoms with van der Waals surface area (Å²) in [4.78, 5) is 51.5. The summed E-state index contributed by atoms with van der Waals surface area (Å²) in [6.07, 6.45) is 1.23. The topological polar surface area (TPSA) is 154 Å². The van der Waals surface area contributed by atoms with Crippen LogP contribution in [0.3, 0.4) is 0 Å². The maximum Gasteiger partial charge on any atom is 0.307 e. The molecule has 0 saturated carbocycles. The molecule has 3 N–H and O–H groups in total. The molecule has 0 aliphatic rings. The van der Waals surface area contributed by atoms with Gasteiger partial charge in [-0.15, -0.1) is 0 Å². The molecule has 0 spiro atoms. The van der Waals surface area contributed by atoms with Crippen molar-refractivity contribution >= 4 is 46.2 Å². The molecule has 2 aromatic carbocycles. The summed E-state index contributed by atoms with van der Waals surface area (Å²) in [6.45, 7) is 3.93. The number of nitrogens with zero attached hydrogens (tertiary/aromatic N) is 5. The fourth-order valence-corrected chi connectivity index (χ4v) is 4.35. The first-order valence-electron chi connectivity index (χ1n) is 13.8. The molecule has 1 amide bonds. The predicted molar refractivity (Wildman–Crippen MR) is 164 cm³/mol. The average Bonchev–Trinajstić information content (AvgIpc) is 3.34. The number of methoxy groups -OCH3 is 1. The molecule has 0 aliphatic carbocycles. The average molecular weight is 586 g/mol. The number of amides is 1. The van der Waals surface area contributed by atoms with Crippen molar-refractivity contribution in [2.75, 3.05) is 23.9 Å². The van der Waals surface area contributed by atoms with E-state index in [1.165, 1.54) is 12.0 Å². The van der Waals surface area contributed by atoms with Gasteiger partial charge in [0.15, 0.2) is 6.23 Å². The van der Waals surface area contributed by atoms with E-state index in [0.29, 0.717) is 29.0 Å². The number of imidazole rings is 1. The molecular weight excluding hydrogens is 550 g/mol. The smallest absolute Gasteiger partial charge is 0.307 e. The van der Waals surface area contributed by atoms with E-state index in [4.69, 9.17) is 20.2 Å². The van der Waals surface area contributed by atoms with E-state index in [2.05, 4.69) is 15.3 Å². The zero-order chi connectivity index (χ0) is 30.9. The quantitative estimate of drug-likeness (QED) is 0.144. The summed E-state index contributed by atoms with van der Waals surface area (Å²) < 4.78 is 11.9. The van der Waals surface area contributed by atoms with E-state index in [1.807, 2.05) is 41.9 Å². The van der Waals surface area contributed by atoms with Crippen molar-refractivity contribution in [3.05, 3.63) is 83.8 Å². The first-order valence-corrected chi connectivity index (χ1v) is 13.8. The molecule has 4 rings (SSSR count). The Kier molecular flexibility index (Phi) is 10.0. The molecule has 0 saturated heterocycles. The van der Waals surface area contributed by atoms with Gasteiger partial charge in [0, 0.05) is 43.0 Å². The van der Waals surface area contributed by atoms with Gasteiger partial charge in [0.25, 0.3) is 5.91 Å². The zero-order valence-electron chi connectivity index (χ0n) is 24.6. The summed E-state index contributed by atoms with van der Waals surface area (Å²) in [6, 6.07) is 18.0. The number of amidine groups is 1. The van der Waals surface area contributed by atoms with Crippen molar-refractivity contribution in [1.82, 2.24) is 14.5 Å². The Balaban J connectivity index is 1.46. The van der Waals surface area contributed by atoms with Crippen LogP contribution in [0.4, 0.5) is 11.5 Å². The molecule has 0 aliphatic heterocycles. The van der Waals surface area contributed by atoms with Gasteiger partial charge >= 0.3 is 11.9 Å². The number of rotatable bonds is 12. The molecule has 12 nitrogen and oxygen atoms in total. The molecule has 4 aromatic rings. The molecule has 2 heterocycles. The van der Waals surface area contributed by atoms with Crippen LogP contribution in [0.2, 0.25) is 0 Å². The lowest BCUT2D eigenvalue weighted by atomic mass is 10.1. The lowest BCUT2D eigenvalue weighted by Gasteiger charge is -2.21. The second-order valence-corrected chi connectivity index (χ2v) is 9.65. The molecule has 43 heavy (non-hydrogen) atoms. The Labute approximate surface area is 249 Å². The Bertz CT molecular complexity index is 1620. The monoisotopic (exact) mass is 585 g/mol. The fourth-order valence-electron chi connectivity index (χ4n) is 4.35. The maximum absolute atomic E-state index is 13.5. The zero-order valence-corrected chi connectivity index (χ0v) is 24.6. The number of ether oxygens (including phenoxy) is 2. The number of carbonyl (C=O) groups excluding carboxylic acids is 3. The minimum Gasteiger partial charge on any atom is -0.469 e. The Morgan fingerprint density at radius 2 is 1.81 bits per heavy atom. The molecule has 2 aromatic heterocycles. The SMILES string of the molecule is CCC(=O)OC(C)/N=C(\N)c1ccc(NCc2nc3cc(C(=O)N(CCC(=O)OC)c4ccccn4)ccc3n2C)cc1. The number of aromatic nitrogens is 3. The Morgan fingerprint density at radius 3 is 2.49 bits per heavy atom. The number of anilines is 2. The number of esters is 2. The molecule has 0 radical (unpaired) electrons. The van der Waals surface area contributed by atoms with Crippen molar-refractivity contribution in [2.24, 2.45) is 17.8 Å². The van der Waals surface area contributed by atoms with Gasteiger partial charge in [-0.25, -0.2) is 15.0 Å². The molecule has 0 bridgehead atoms. The van der Waals surface area contributed by atoms with Crippen molar-refractivity contribution in [1.29, 1.82) is 0 Å². The second-order valence-electron chi connectivity index (χ2n) is 9.65. The van der Waals surface area contributed by atoms with Crippen LogP contribution in [0.1, 0.15) is 48.4 Å². The lowest BCUT2D eigenvalue weighted by molar-refractivity contribution is -0.147.